The van der Waals surface area contributed by atoms with Crippen LogP contribution in [0.5, 0.6) is 0 Å². The number of rotatable bonds is 4. The third-order valence-electron chi connectivity index (χ3n) is 2.87. The van der Waals surface area contributed by atoms with Gasteiger partial charge < -0.3 is 9.64 Å². The highest BCUT2D eigenvalue weighted by Crippen LogP contribution is 2.10. The van der Waals surface area contributed by atoms with Crippen LogP contribution in [0.4, 0.5) is 0 Å². The SMILES string of the molecule is CCCn1nncc1C(=O)C1CN(C)CCO1. The van der Waals surface area contributed by atoms with Crippen molar-refractivity contribution in [3.8, 4) is 0 Å². The lowest BCUT2D eigenvalue weighted by molar-refractivity contribution is -0.00918. The molecule has 2 rings (SSSR count). The van der Waals surface area contributed by atoms with Gasteiger partial charge in [0.25, 0.3) is 0 Å². The normalized spacial score (nSPS) is 21.6. The first-order chi connectivity index (χ1) is 8.22. The summed E-state index contributed by atoms with van der Waals surface area (Å²) in [5.74, 6) is -0.0185. The van der Waals surface area contributed by atoms with E-state index in [0.717, 1.165) is 13.0 Å². The summed E-state index contributed by atoms with van der Waals surface area (Å²) in [6.07, 6.45) is 2.06. The fraction of sp³-hybridized carbons (Fsp3) is 0.727. The van der Waals surface area contributed by atoms with Crippen LogP contribution in [0.1, 0.15) is 23.8 Å². The third-order valence-corrected chi connectivity index (χ3v) is 2.87. The maximum atomic E-state index is 12.2. The van der Waals surface area contributed by atoms with E-state index in [1.807, 2.05) is 14.0 Å². The zero-order valence-electron chi connectivity index (χ0n) is 10.3. The number of Topliss-reactive ketones (excluding diaryl/α,β-unsaturated/α-hetero) is 1. The van der Waals surface area contributed by atoms with Gasteiger partial charge in [0.05, 0.1) is 12.8 Å². The van der Waals surface area contributed by atoms with Crippen molar-refractivity contribution in [2.24, 2.45) is 0 Å². The van der Waals surface area contributed by atoms with Gasteiger partial charge in [-0.1, -0.05) is 12.1 Å². The van der Waals surface area contributed by atoms with Crippen molar-refractivity contribution in [3.63, 3.8) is 0 Å². The van der Waals surface area contributed by atoms with Gasteiger partial charge in [0, 0.05) is 19.6 Å². The first-order valence-corrected chi connectivity index (χ1v) is 5.95. The minimum Gasteiger partial charge on any atom is -0.367 e. The van der Waals surface area contributed by atoms with Crippen molar-refractivity contribution < 1.29 is 9.53 Å². The summed E-state index contributed by atoms with van der Waals surface area (Å²) in [4.78, 5) is 14.3. The molecule has 1 fully saturated rings. The Morgan fingerprint density at radius 2 is 2.47 bits per heavy atom. The average molecular weight is 238 g/mol. The number of hydrogen-bond acceptors (Lipinski definition) is 5. The van der Waals surface area contributed by atoms with Gasteiger partial charge in [-0.25, -0.2) is 4.68 Å². The number of likely N-dealkylation sites (N-methyl/N-ethyl adjacent to an activating group) is 1. The molecule has 1 atom stereocenters. The van der Waals surface area contributed by atoms with E-state index in [-0.39, 0.29) is 11.9 Å². The standard InChI is InChI=1S/C11H18N4O2/c1-3-4-15-9(7-12-13-15)11(16)10-8-14(2)5-6-17-10/h7,10H,3-6,8H2,1-2H3. The lowest BCUT2D eigenvalue weighted by atomic mass is 10.1. The van der Waals surface area contributed by atoms with Crippen LogP contribution in [-0.4, -0.2) is 58.5 Å². The Kier molecular flexibility index (Phi) is 3.86. The number of hydrogen-bond donors (Lipinski definition) is 0. The van der Waals surface area contributed by atoms with Gasteiger partial charge in [0.1, 0.15) is 11.8 Å². The van der Waals surface area contributed by atoms with Crippen molar-refractivity contribution in [1.82, 2.24) is 19.9 Å². The molecule has 0 N–H and O–H groups in total. The predicted molar refractivity (Wildman–Crippen MR) is 61.9 cm³/mol. The molecule has 0 amide bonds. The van der Waals surface area contributed by atoms with E-state index >= 15 is 0 Å². The Bertz CT molecular complexity index is 391. The number of carbonyl (C=O) groups is 1. The molecule has 0 spiro atoms. The molecule has 0 radical (unpaired) electrons. The van der Waals surface area contributed by atoms with Gasteiger partial charge in [0.15, 0.2) is 0 Å². The molecule has 6 nitrogen and oxygen atoms in total. The molecule has 1 aliphatic heterocycles. The van der Waals surface area contributed by atoms with Gasteiger partial charge in [-0.2, -0.15) is 0 Å². The van der Waals surface area contributed by atoms with Crippen molar-refractivity contribution >= 4 is 5.78 Å². The Morgan fingerprint density at radius 1 is 1.65 bits per heavy atom. The van der Waals surface area contributed by atoms with Crippen molar-refractivity contribution in [1.29, 1.82) is 0 Å². The number of ether oxygens (including phenoxy) is 1. The van der Waals surface area contributed by atoms with Gasteiger partial charge in [0.2, 0.25) is 5.78 Å². The van der Waals surface area contributed by atoms with Gasteiger partial charge in [-0.15, -0.1) is 5.10 Å². The van der Waals surface area contributed by atoms with Crippen molar-refractivity contribution in [2.75, 3.05) is 26.7 Å². The number of carbonyl (C=O) groups excluding carboxylic acids is 1. The van der Waals surface area contributed by atoms with Crippen molar-refractivity contribution in [3.05, 3.63) is 11.9 Å². The molecule has 6 heteroatoms. The molecule has 0 bridgehead atoms. The van der Waals surface area contributed by atoms with E-state index in [1.165, 1.54) is 6.20 Å². The average Bonchev–Trinajstić information content (AvgIpc) is 2.77. The molecule has 0 saturated carbocycles. The molecule has 1 unspecified atom stereocenters. The molecule has 2 heterocycles. The first-order valence-electron chi connectivity index (χ1n) is 5.95. The number of nitrogens with zero attached hydrogens (tertiary/aromatic N) is 4. The molecule has 1 saturated heterocycles. The molecular formula is C11H18N4O2. The van der Waals surface area contributed by atoms with Crippen LogP contribution in [0.15, 0.2) is 6.20 Å². The van der Waals surface area contributed by atoms with Crippen LogP contribution in [0.2, 0.25) is 0 Å². The van der Waals surface area contributed by atoms with Crippen LogP contribution in [0.3, 0.4) is 0 Å². The summed E-state index contributed by atoms with van der Waals surface area (Å²) < 4.78 is 7.16. The minimum atomic E-state index is -0.386. The fourth-order valence-electron chi connectivity index (χ4n) is 1.93. The largest absolute Gasteiger partial charge is 0.367 e. The van der Waals surface area contributed by atoms with E-state index in [9.17, 15) is 4.79 Å². The fourth-order valence-corrected chi connectivity index (χ4v) is 1.93. The number of ketones is 1. The number of aryl methyl sites for hydroxylation is 1. The van der Waals surface area contributed by atoms with E-state index < -0.39 is 0 Å². The lowest BCUT2D eigenvalue weighted by Crippen LogP contribution is -2.44. The third kappa shape index (κ3) is 2.70. The second-order valence-corrected chi connectivity index (χ2v) is 4.33. The van der Waals surface area contributed by atoms with Gasteiger partial charge in [-0.3, -0.25) is 4.79 Å². The first kappa shape index (κ1) is 12.2. The topological polar surface area (TPSA) is 60.2 Å². The maximum Gasteiger partial charge on any atom is 0.212 e. The monoisotopic (exact) mass is 238 g/mol. The zero-order valence-corrected chi connectivity index (χ0v) is 10.3. The summed E-state index contributed by atoms with van der Waals surface area (Å²) in [5, 5.41) is 7.72. The summed E-state index contributed by atoms with van der Waals surface area (Å²) in [5.41, 5.74) is 0.548. The summed E-state index contributed by atoms with van der Waals surface area (Å²) in [6, 6.07) is 0. The Hall–Kier alpha value is -1.27. The molecule has 17 heavy (non-hydrogen) atoms. The number of morpholine rings is 1. The summed E-state index contributed by atoms with van der Waals surface area (Å²) in [7, 11) is 1.99. The molecule has 1 aliphatic rings. The summed E-state index contributed by atoms with van der Waals surface area (Å²) >= 11 is 0. The quantitative estimate of drug-likeness (QED) is 0.701. The minimum absolute atomic E-state index is 0.0185. The highest BCUT2D eigenvalue weighted by atomic mass is 16.5. The Labute approximate surface area is 101 Å². The molecule has 0 aromatic carbocycles. The zero-order chi connectivity index (χ0) is 12.3. The second kappa shape index (κ2) is 5.37. The van der Waals surface area contributed by atoms with E-state index in [4.69, 9.17) is 4.74 Å². The molecule has 0 aliphatic carbocycles. The second-order valence-electron chi connectivity index (χ2n) is 4.33. The number of aromatic nitrogens is 3. The molecular weight excluding hydrogens is 220 g/mol. The van der Waals surface area contributed by atoms with Crippen LogP contribution >= 0.6 is 0 Å². The van der Waals surface area contributed by atoms with Gasteiger partial charge >= 0.3 is 0 Å². The highest BCUT2D eigenvalue weighted by molar-refractivity contribution is 5.98. The molecule has 94 valence electrons. The maximum absolute atomic E-state index is 12.2. The summed E-state index contributed by atoms with van der Waals surface area (Å²) in [6.45, 7) is 4.86. The van der Waals surface area contributed by atoms with Crippen LogP contribution < -0.4 is 0 Å². The Morgan fingerprint density at radius 3 is 3.18 bits per heavy atom. The van der Waals surface area contributed by atoms with E-state index in [1.54, 1.807) is 4.68 Å². The highest BCUT2D eigenvalue weighted by Gasteiger charge is 2.28. The van der Waals surface area contributed by atoms with E-state index in [2.05, 4.69) is 15.2 Å². The van der Waals surface area contributed by atoms with E-state index in [0.29, 0.717) is 25.4 Å². The van der Waals surface area contributed by atoms with Crippen LogP contribution in [0, 0.1) is 0 Å². The van der Waals surface area contributed by atoms with Crippen LogP contribution in [0.25, 0.3) is 0 Å². The predicted octanol–water partition coefficient (Wildman–Crippen LogP) is 0.201. The smallest absolute Gasteiger partial charge is 0.212 e. The van der Waals surface area contributed by atoms with Crippen molar-refractivity contribution in [2.45, 2.75) is 26.0 Å². The van der Waals surface area contributed by atoms with Gasteiger partial charge in [-0.05, 0) is 13.5 Å². The molecule has 1 aromatic heterocycles. The Balaban J connectivity index is 2.10. The molecule has 1 aromatic rings. The lowest BCUT2D eigenvalue weighted by Gasteiger charge is -2.28. The van der Waals surface area contributed by atoms with Crippen LogP contribution in [-0.2, 0) is 11.3 Å².